The largest absolute Gasteiger partial charge is 0.345 e. The molecule has 0 fully saturated rings. The maximum Gasteiger partial charge on any atom is 0.150 e. The summed E-state index contributed by atoms with van der Waals surface area (Å²) >= 11 is 0. The van der Waals surface area contributed by atoms with Crippen molar-refractivity contribution >= 4 is 17.3 Å². The van der Waals surface area contributed by atoms with Crippen LogP contribution in [-0.4, -0.2) is 16.3 Å². The number of carbonyl (C=O) groups excluding carboxylic acids is 1. The molecule has 0 unspecified atom stereocenters. The molecule has 2 aromatic rings. The van der Waals surface area contributed by atoms with E-state index in [9.17, 15) is 4.79 Å². The molecule has 0 radical (unpaired) electrons. The van der Waals surface area contributed by atoms with E-state index in [4.69, 9.17) is 5.26 Å². The van der Waals surface area contributed by atoms with Crippen LogP contribution in [0, 0.1) is 11.3 Å². The molecule has 0 amide bonds. The van der Waals surface area contributed by atoms with E-state index < -0.39 is 0 Å². The summed E-state index contributed by atoms with van der Waals surface area (Å²) in [6.07, 6.45) is 2.59. The van der Waals surface area contributed by atoms with E-state index in [-0.39, 0.29) is 6.42 Å². The van der Waals surface area contributed by atoms with E-state index >= 15 is 0 Å². The van der Waals surface area contributed by atoms with Gasteiger partial charge in [0.1, 0.15) is 6.29 Å². The molecule has 1 heterocycles. The van der Waals surface area contributed by atoms with Crippen LogP contribution >= 0.6 is 0 Å². The monoisotopic (exact) mass is 185 g/mol. The Bertz CT molecular complexity index is 522. The zero-order valence-corrected chi connectivity index (χ0v) is 7.32. The minimum Gasteiger partial charge on any atom is -0.345 e. The van der Waals surface area contributed by atoms with Gasteiger partial charge in [-0.2, -0.15) is 5.26 Å². The van der Waals surface area contributed by atoms with Crippen molar-refractivity contribution in [2.75, 3.05) is 0 Å². The van der Waals surface area contributed by atoms with Gasteiger partial charge in [0.2, 0.25) is 0 Å². The van der Waals surface area contributed by atoms with Crippen LogP contribution in [0.3, 0.4) is 0 Å². The van der Waals surface area contributed by atoms with Crippen LogP contribution in [0.25, 0.3) is 11.0 Å². The Labute approximate surface area is 80.2 Å². The SMILES string of the molecule is N#CCc1cc(C=O)cc2[nH]cnc12. The molecule has 0 atom stereocenters. The van der Waals surface area contributed by atoms with Crippen LogP contribution in [0.4, 0.5) is 0 Å². The second-order valence-corrected chi connectivity index (χ2v) is 2.93. The van der Waals surface area contributed by atoms with Crippen molar-refractivity contribution in [3.63, 3.8) is 0 Å². The van der Waals surface area contributed by atoms with Gasteiger partial charge in [-0.1, -0.05) is 0 Å². The second-order valence-electron chi connectivity index (χ2n) is 2.93. The molecule has 1 N–H and O–H groups in total. The quantitative estimate of drug-likeness (QED) is 0.719. The molecule has 4 nitrogen and oxygen atoms in total. The van der Waals surface area contributed by atoms with E-state index in [0.717, 1.165) is 22.9 Å². The predicted molar refractivity (Wildman–Crippen MR) is 50.8 cm³/mol. The van der Waals surface area contributed by atoms with E-state index in [1.807, 2.05) is 6.07 Å². The summed E-state index contributed by atoms with van der Waals surface area (Å²) in [4.78, 5) is 17.6. The Morgan fingerprint density at radius 1 is 1.57 bits per heavy atom. The van der Waals surface area contributed by atoms with Crippen molar-refractivity contribution in [1.82, 2.24) is 9.97 Å². The maximum atomic E-state index is 10.6. The summed E-state index contributed by atoms with van der Waals surface area (Å²) in [6.45, 7) is 0. The first-order valence-corrected chi connectivity index (χ1v) is 4.13. The summed E-state index contributed by atoms with van der Waals surface area (Å²) in [6, 6.07) is 5.46. The number of nitriles is 1. The molecule has 1 aromatic heterocycles. The third-order valence-corrected chi connectivity index (χ3v) is 2.03. The lowest BCUT2D eigenvalue weighted by molar-refractivity contribution is 0.112. The van der Waals surface area contributed by atoms with Crippen molar-refractivity contribution in [2.24, 2.45) is 0 Å². The highest BCUT2D eigenvalue weighted by atomic mass is 16.1. The lowest BCUT2D eigenvalue weighted by atomic mass is 10.1. The summed E-state index contributed by atoms with van der Waals surface area (Å²) in [5.74, 6) is 0. The number of aromatic nitrogens is 2. The number of imidazole rings is 1. The van der Waals surface area contributed by atoms with Crippen molar-refractivity contribution in [3.05, 3.63) is 29.6 Å². The Balaban J connectivity index is 2.71. The number of H-pyrrole nitrogens is 1. The molecule has 1 aromatic carbocycles. The summed E-state index contributed by atoms with van der Waals surface area (Å²) in [5.41, 5.74) is 2.90. The molecule has 2 rings (SSSR count). The first kappa shape index (κ1) is 8.45. The average molecular weight is 185 g/mol. The fourth-order valence-corrected chi connectivity index (χ4v) is 1.44. The van der Waals surface area contributed by atoms with Crippen molar-refractivity contribution in [2.45, 2.75) is 6.42 Å². The predicted octanol–water partition coefficient (Wildman–Crippen LogP) is 1.44. The Morgan fingerprint density at radius 3 is 3.14 bits per heavy atom. The zero-order valence-electron chi connectivity index (χ0n) is 7.32. The van der Waals surface area contributed by atoms with Crippen LogP contribution in [0.1, 0.15) is 15.9 Å². The molecular formula is C10H7N3O. The smallest absolute Gasteiger partial charge is 0.150 e. The van der Waals surface area contributed by atoms with E-state index in [0.29, 0.717) is 5.56 Å². The molecule has 0 saturated heterocycles. The highest BCUT2D eigenvalue weighted by molar-refractivity contribution is 5.87. The first-order chi connectivity index (χ1) is 6.85. The number of nitrogens with zero attached hydrogens (tertiary/aromatic N) is 2. The van der Waals surface area contributed by atoms with Crippen LogP contribution in [0.5, 0.6) is 0 Å². The van der Waals surface area contributed by atoms with Crippen LogP contribution in [-0.2, 0) is 6.42 Å². The number of hydrogen-bond donors (Lipinski definition) is 1. The molecular weight excluding hydrogens is 178 g/mol. The van der Waals surface area contributed by atoms with Crippen LogP contribution < -0.4 is 0 Å². The third kappa shape index (κ3) is 1.25. The van der Waals surface area contributed by atoms with Crippen LogP contribution in [0.15, 0.2) is 18.5 Å². The number of benzene rings is 1. The molecule has 68 valence electrons. The van der Waals surface area contributed by atoms with Crippen molar-refractivity contribution in [1.29, 1.82) is 5.26 Å². The van der Waals surface area contributed by atoms with Gasteiger partial charge in [-0.25, -0.2) is 4.98 Å². The van der Waals surface area contributed by atoms with E-state index in [1.54, 1.807) is 18.5 Å². The Hall–Kier alpha value is -2.15. The number of hydrogen-bond acceptors (Lipinski definition) is 3. The minimum atomic E-state index is 0.267. The van der Waals surface area contributed by atoms with E-state index in [1.165, 1.54) is 0 Å². The highest BCUT2D eigenvalue weighted by Crippen LogP contribution is 2.17. The van der Waals surface area contributed by atoms with Crippen LogP contribution in [0.2, 0.25) is 0 Å². The van der Waals surface area contributed by atoms with Gasteiger partial charge >= 0.3 is 0 Å². The van der Waals surface area contributed by atoms with Gasteiger partial charge in [-0.15, -0.1) is 0 Å². The molecule has 0 spiro atoms. The molecule has 0 aliphatic heterocycles. The van der Waals surface area contributed by atoms with Gasteiger partial charge in [-0.05, 0) is 17.7 Å². The molecule has 0 aliphatic carbocycles. The van der Waals surface area contributed by atoms with Gasteiger partial charge < -0.3 is 4.98 Å². The minimum absolute atomic E-state index is 0.267. The molecule has 0 bridgehead atoms. The molecule has 0 aliphatic rings. The van der Waals surface area contributed by atoms with Gasteiger partial charge in [0.05, 0.1) is 29.9 Å². The number of aldehydes is 1. The third-order valence-electron chi connectivity index (χ3n) is 2.03. The number of nitrogens with one attached hydrogen (secondary N) is 1. The average Bonchev–Trinajstić information content (AvgIpc) is 2.66. The van der Waals surface area contributed by atoms with E-state index in [2.05, 4.69) is 9.97 Å². The number of carbonyl (C=O) groups is 1. The summed E-state index contributed by atoms with van der Waals surface area (Å²) in [5, 5.41) is 8.60. The summed E-state index contributed by atoms with van der Waals surface area (Å²) in [7, 11) is 0. The topological polar surface area (TPSA) is 69.5 Å². The fraction of sp³-hybridized carbons (Fsp3) is 0.100. The Morgan fingerprint density at radius 2 is 2.43 bits per heavy atom. The van der Waals surface area contributed by atoms with Crippen molar-refractivity contribution < 1.29 is 4.79 Å². The normalized spacial score (nSPS) is 9.93. The van der Waals surface area contributed by atoms with Gasteiger partial charge in [0.15, 0.2) is 0 Å². The first-order valence-electron chi connectivity index (χ1n) is 4.13. The lowest BCUT2D eigenvalue weighted by Crippen LogP contribution is -1.88. The molecule has 14 heavy (non-hydrogen) atoms. The summed E-state index contributed by atoms with van der Waals surface area (Å²) < 4.78 is 0. The number of rotatable bonds is 2. The highest BCUT2D eigenvalue weighted by Gasteiger charge is 2.05. The van der Waals surface area contributed by atoms with Crippen molar-refractivity contribution in [3.8, 4) is 6.07 Å². The number of fused-ring (bicyclic) bond motifs is 1. The zero-order chi connectivity index (χ0) is 9.97. The van der Waals surface area contributed by atoms with Gasteiger partial charge in [-0.3, -0.25) is 4.79 Å². The lowest BCUT2D eigenvalue weighted by Gasteiger charge is -1.98. The maximum absolute atomic E-state index is 10.6. The standard InChI is InChI=1S/C10H7N3O/c11-2-1-8-3-7(5-14)4-9-10(8)13-6-12-9/h3-6H,1H2,(H,12,13). The Kier molecular flexibility index (Phi) is 1.99. The second kappa shape index (κ2) is 3.30. The molecule has 0 saturated carbocycles. The number of aromatic amines is 1. The fourth-order valence-electron chi connectivity index (χ4n) is 1.44. The molecule has 4 heteroatoms. The van der Waals surface area contributed by atoms with Gasteiger partial charge in [0, 0.05) is 5.56 Å². The van der Waals surface area contributed by atoms with Gasteiger partial charge in [0.25, 0.3) is 0 Å².